The molecule has 1 fully saturated rings. The Kier molecular flexibility index (Phi) is 4.43. The summed E-state index contributed by atoms with van der Waals surface area (Å²) in [7, 11) is 0. The molecule has 3 rings (SSSR count). The van der Waals surface area contributed by atoms with Crippen LogP contribution in [0.15, 0.2) is 58.4 Å². The van der Waals surface area contributed by atoms with E-state index in [0.29, 0.717) is 21.3 Å². The van der Waals surface area contributed by atoms with E-state index in [-0.39, 0.29) is 11.6 Å². The van der Waals surface area contributed by atoms with Gasteiger partial charge in [0.2, 0.25) is 0 Å². The largest absolute Gasteiger partial charge is 0.300 e. The number of carbonyl (C=O) groups is 1. The van der Waals surface area contributed by atoms with Crippen LogP contribution in [0.4, 0.5) is 11.4 Å². The molecule has 1 saturated heterocycles. The number of aliphatic imine (C=N–C) groups is 1. The number of hydrogen-bond acceptors (Lipinski definition) is 5. The van der Waals surface area contributed by atoms with Crippen LogP contribution in [0.1, 0.15) is 11.1 Å². The number of nitro groups is 1. The summed E-state index contributed by atoms with van der Waals surface area (Å²) in [6.07, 6.45) is 1.80. The molecule has 0 aliphatic carbocycles. The summed E-state index contributed by atoms with van der Waals surface area (Å²) in [6, 6.07) is 14.0. The molecule has 2 aromatic carbocycles. The zero-order valence-electron chi connectivity index (χ0n) is 12.7. The van der Waals surface area contributed by atoms with Crippen molar-refractivity contribution >= 4 is 40.3 Å². The highest BCUT2D eigenvalue weighted by molar-refractivity contribution is 8.18. The summed E-state index contributed by atoms with van der Waals surface area (Å²) in [6.45, 7) is 1.74. The summed E-state index contributed by atoms with van der Waals surface area (Å²) >= 11 is 1.24. The first-order valence-corrected chi connectivity index (χ1v) is 7.94. The van der Waals surface area contributed by atoms with Crippen molar-refractivity contribution in [3.05, 3.63) is 74.7 Å². The van der Waals surface area contributed by atoms with Crippen LogP contribution in [-0.4, -0.2) is 16.0 Å². The van der Waals surface area contributed by atoms with Gasteiger partial charge in [0.25, 0.3) is 11.6 Å². The second-order valence-electron chi connectivity index (χ2n) is 5.12. The highest BCUT2D eigenvalue weighted by Crippen LogP contribution is 2.30. The van der Waals surface area contributed by atoms with E-state index in [1.807, 2.05) is 30.3 Å². The van der Waals surface area contributed by atoms with Crippen LogP contribution in [0, 0.1) is 17.0 Å². The lowest BCUT2D eigenvalue weighted by Gasteiger charge is -2.01. The number of rotatable bonds is 3. The van der Waals surface area contributed by atoms with Crippen molar-refractivity contribution < 1.29 is 9.72 Å². The molecule has 0 saturated carbocycles. The Labute approximate surface area is 142 Å². The standard InChI is InChI=1S/C17H13N3O3S/c1-11-9-13(20(22)23)7-8-14(11)18-17-19-16(21)15(24-17)10-12-5-3-2-4-6-12/h2-10H,1H3,(H,18,19,21)/b15-10-. The summed E-state index contributed by atoms with van der Waals surface area (Å²) in [4.78, 5) is 27.3. The van der Waals surface area contributed by atoms with Crippen molar-refractivity contribution in [1.82, 2.24) is 5.32 Å². The van der Waals surface area contributed by atoms with Gasteiger partial charge in [-0.05, 0) is 42.0 Å². The molecular weight excluding hydrogens is 326 g/mol. The van der Waals surface area contributed by atoms with E-state index in [1.165, 1.54) is 23.9 Å². The average molecular weight is 339 g/mol. The van der Waals surface area contributed by atoms with Gasteiger partial charge < -0.3 is 5.32 Å². The molecule has 1 amide bonds. The fourth-order valence-corrected chi connectivity index (χ4v) is 3.00. The number of nitro benzene ring substituents is 1. The fraction of sp³-hybridized carbons (Fsp3) is 0.0588. The number of carbonyl (C=O) groups excluding carboxylic acids is 1. The number of amides is 1. The molecule has 0 radical (unpaired) electrons. The van der Waals surface area contributed by atoms with Crippen LogP contribution in [0.25, 0.3) is 6.08 Å². The molecule has 0 bridgehead atoms. The van der Waals surface area contributed by atoms with Crippen molar-refractivity contribution in [3.63, 3.8) is 0 Å². The van der Waals surface area contributed by atoms with Gasteiger partial charge in [-0.15, -0.1) is 0 Å². The minimum atomic E-state index is -0.448. The number of amidine groups is 1. The summed E-state index contributed by atoms with van der Waals surface area (Å²) < 4.78 is 0. The Morgan fingerprint density at radius 2 is 1.96 bits per heavy atom. The zero-order valence-corrected chi connectivity index (χ0v) is 13.5. The van der Waals surface area contributed by atoms with E-state index in [0.717, 1.165) is 5.56 Å². The minimum absolute atomic E-state index is 0.0178. The molecule has 24 heavy (non-hydrogen) atoms. The van der Waals surface area contributed by atoms with Crippen molar-refractivity contribution in [3.8, 4) is 0 Å². The van der Waals surface area contributed by atoms with E-state index in [2.05, 4.69) is 10.3 Å². The summed E-state index contributed by atoms with van der Waals surface area (Å²) in [5, 5.41) is 13.9. The molecule has 0 spiro atoms. The Balaban J connectivity index is 1.84. The quantitative estimate of drug-likeness (QED) is 0.524. The van der Waals surface area contributed by atoms with Crippen LogP contribution >= 0.6 is 11.8 Å². The summed E-state index contributed by atoms with van der Waals surface area (Å²) in [5.41, 5.74) is 2.21. The maximum Gasteiger partial charge on any atom is 0.269 e. The minimum Gasteiger partial charge on any atom is -0.300 e. The molecule has 0 unspecified atom stereocenters. The smallest absolute Gasteiger partial charge is 0.269 e. The molecular formula is C17H13N3O3S. The Bertz CT molecular complexity index is 876. The molecule has 1 aliphatic rings. The third-order valence-electron chi connectivity index (χ3n) is 3.36. The lowest BCUT2D eigenvalue weighted by atomic mass is 10.2. The first-order valence-electron chi connectivity index (χ1n) is 7.12. The van der Waals surface area contributed by atoms with E-state index in [9.17, 15) is 14.9 Å². The molecule has 1 heterocycles. The topological polar surface area (TPSA) is 84.6 Å². The number of non-ortho nitro benzene ring substituents is 1. The van der Waals surface area contributed by atoms with E-state index in [1.54, 1.807) is 19.1 Å². The Hall–Kier alpha value is -2.93. The van der Waals surface area contributed by atoms with Crippen molar-refractivity contribution in [2.24, 2.45) is 4.99 Å². The van der Waals surface area contributed by atoms with E-state index < -0.39 is 4.92 Å². The number of hydrogen-bond donors (Lipinski definition) is 1. The van der Waals surface area contributed by atoms with Crippen molar-refractivity contribution in [1.29, 1.82) is 0 Å². The Morgan fingerprint density at radius 3 is 2.62 bits per heavy atom. The first kappa shape index (κ1) is 15.9. The molecule has 0 atom stereocenters. The van der Waals surface area contributed by atoms with Crippen LogP contribution < -0.4 is 5.32 Å². The average Bonchev–Trinajstić information content (AvgIpc) is 2.89. The molecule has 2 aromatic rings. The maximum atomic E-state index is 12.0. The van der Waals surface area contributed by atoms with Gasteiger partial charge >= 0.3 is 0 Å². The van der Waals surface area contributed by atoms with Gasteiger partial charge in [-0.3, -0.25) is 14.9 Å². The number of benzene rings is 2. The normalized spacial score (nSPS) is 17.3. The predicted octanol–water partition coefficient (Wildman–Crippen LogP) is 3.79. The molecule has 0 aromatic heterocycles. The third-order valence-corrected chi connectivity index (χ3v) is 4.27. The Morgan fingerprint density at radius 1 is 1.21 bits per heavy atom. The summed E-state index contributed by atoms with van der Waals surface area (Å²) in [5.74, 6) is -0.206. The molecule has 1 N–H and O–H groups in total. The molecule has 6 nitrogen and oxygen atoms in total. The van der Waals surface area contributed by atoms with Gasteiger partial charge in [-0.2, -0.15) is 0 Å². The van der Waals surface area contributed by atoms with Crippen molar-refractivity contribution in [2.45, 2.75) is 6.92 Å². The lowest BCUT2D eigenvalue weighted by molar-refractivity contribution is -0.384. The number of aryl methyl sites for hydroxylation is 1. The van der Waals surface area contributed by atoms with Crippen molar-refractivity contribution in [2.75, 3.05) is 0 Å². The van der Waals surface area contributed by atoms with Crippen LogP contribution in [-0.2, 0) is 4.79 Å². The second kappa shape index (κ2) is 6.67. The number of thioether (sulfide) groups is 1. The van der Waals surface area contributed by atoms with Gasteiger partial charge in [0, 0.05) is 12.1 Å². The number of nitrogens with one attached hydrogen (secondary N) is 1. The van der Waals surface area contributed by atoms with Gasteiger partial charge in [-0.1, -0.05) is 30.3 Å². The highest BCUT2D eigenvalue weighted by Gasteiger charge is 2.24. The molecule has 1 aliphatic heterocycles. The SMILES string of the molecule is Cc1cc([N+](=O)[O-])ccc1N=C1NC(=O)/C(=C/c2ccccc2)S1. The molecule has 7 heteroatoms. The van der Waals surface area contributed by atoms with Gasteiger partial charge in [0.15, 0.2) is 5.17 Å². The number of nitrogens with zero attached hydrogens (tertiary/aromatic N) is 2. The monoisotopic (exact) mass is 339 g/mol. The van der Waals surface area contributed by atoms with Gasteiger partial charge in [-0.25, -0.2) is 4.99 Å². The van der Waals surface area contributed by atoms with Crippen LogP contribution in [0.2, 0.25) is 0 Å². The first-order chi connectivity index (χ1) is 11.5. The zero-order chi connectivity index (χ0) is 17.1. The third kappa shape index (κ3) is 3.52. The lowest BCUT2D eigenvalue weighted by Crippen LogP contribution is -2.19. The fourth-order valence-electron chi connectivity index (χ4n) is 2.17. The van der Waals surface area contributed by atoms with E-state index in [4.69, 9.17) is 0 Å². The molecule has 120 valence electrons. The highest BCUT2D eigenvalue weighted by atomic mass is 32.2. The van der Waals surface area contributed by atoms with E-state index >= 15 is 0 Å². The maximum absolute atomic E-state index is 12.0. The van der Waals surface area contributed by atoms with Gasteiger partial charge in [0.1, 0.15) is 0 Å². The van der Waals surface area contributed by atoms with Gasteiger partial charge in [0.05, 0.1) is 15.5 Å². The predicted molar refractivity (Wildman–Crippen MR) is 95.1 cm³/mol. The van der Waals surface area contributed by atoms with Crippen LogP contribution in [0.5, 0.6) is 0 Å². The second-order valence-corrected chi connectivity index (χ2v) is 6.15. The van der Waals surface area contributed by atoms with Crippen LogP contribution in [0.3, 0.4) is 0 Å².